The molecular weight excluding hydrogens is 515 g/mol. The molecule has 0 saturated carbocycles. The van der Waals surface area contributed by atoms with Crippen LogP contribution in [0.25, 0.3) is 0 Å². The maximum absolute atomic E-state index is 13.9. The van der Waals surface area contributed by atoms with Crippen LogP contribution in [-0.2, 0) is 52.5 Å². The second kappa shape index (κ2) is 15.3. The molecule has 0 aliphatic heterocycles. The molecule has 37 heavy (non-hydrogen) atoms. The van der Waals surface area contributed by atoms with Crippen molar-refractivity contribution in [1.29, 1.82) is 0 Å². The Morgan fingerprint density at radius 3 is 1.62 bits per heavy atom. The van der Waals surface area contributed by atoms with Gasteiger partial charge in [-0.05, 0) is 23.1 Å². The third kappa shape index (κ3) is 10.5. The van der Waals surface area contributed by atoms with Gasteiger partial charge in [-0.25, -0.2) is 0 Å². The number of esters is 2. The molecule has 0 amide bonds. The predicted molar refractivity (Wildman–Crippen MR) is 141 cm³/mol. The van der Waals surface area contributed by atoms with Crippen molar-refractivity contribution in [3.05, 3.63) is 108 Å². The molecule has 0 N–H and O–H groups in total. The predicted octanol–water partition coefficient (Wildman–Crippen LogP) is 6.49. The van der Waals surface area contributed by atoms with Crippen LogP contribution in [0.3, 0.4) is 0 Å². The van der Waals surface area contributed by atoms with E-state index in [0.717, 1.165) is 16.7 Å². The molecule has 0 radical (unpaired) electrons. The van der Waals surface area contributed by atoms with Crippen molar-refractivity contribution in [3.8, 4) is 0 Å². The summed E-state index contributed by atoms with van der Waals surface area (Å²) in [7, 11) is -3.81. The molecule has 0 saturated heterocycles. The molecule has 3 aromatic rings. The molecule has 0 spiro atoms. The highest BCUT2D eigenvalue weighted by Crippen LogP contribution is 2.52. The highest BCUT2D eigenvalue weighted by atomic mass is 35.5. The van der Waals surface area contributed by atoms with Gasteiger partial charge in [-0.2, -0.15) is 0 Å². The van der Waals surface area contributed by atoms with Crippen LogP contribution in [-0.4, -0.2) is 24.2 Å². The molecule has 1 atom stereocenters. The Balaban J connectivity index is 1.75. The van der Waals surface area contributed by atoms with Gasteiger partial charge in [-0.15, -0.1) is 0 Å². The van der Waals surface area contributed by atoms with Gasteiger partial charge in [0.05, 0.1) is 25.3 Å². The van der Waals surface area contributed by atoms with Crippen LogP contribution >= 0.6 is 19.2 Å². The summed E-state index contributed by atoms with van der Waals surface area (Å²) in [5, 5.41) is 0. The average molecular weight is 545 g/mol. The lowest BCUT2D eigenvalue weighted by molar-refractivity contribution is -0.150. The van der Waals surface area contributed by atoms with E-state index in [0.29, 0.717) is 0 Å². The molecule has 0 aromatic heterocycles. The standard InChI is InChI=1S/C28H30ClO7P/c29-22-34-27(30)17-16-26(28(31)33-18-23-10-4-1-5-11-23)21-37(32,35-19-24-12-6-2-7-13-24)36-20-25-14-8-3-9-15-25/h1-15,26H,16-22H2/t26-/m0/s1. The normalized spacial score (nSPS) is 12.0. The van der Waals surface area contributed by atoms with Gasteiger partial charge in [0.15, 0.2) is 6.07 Å². The number of hydrogen-bond acceptors (Lipinski definition) is 7. The lowest BCUT2D eigenvalue weighted by atomic mass is 10.1. The molecule has 3 aromatic carbocycles. The zero-order chi connectivity index (χ0) is 26.3. The molecule has 0 unspecified atom stereocenters. The van der Waals surface area contributed by atoms with Crippen molar-refractivity contribution >= 4 is 31.1 Å². The quantitative estimate of drug-likeness (QED) is 0.123. The molecule has 7 nitrogen and oxygen atoms in total. The fourth-order valence-corrected chi connectivity index (χ4v) is 5.43. The van der Waals surface area contributed by atoms with Crippen LogP contribution in [0.15, 0.2) is 91.0 Å². The van der Waals surface area contributed by atoms with Crippen molar-refractivity contribution in [2.45, 2.75) is 32.7 Å². The first-order chi connectivity index (χ1) is 18.0. The van der Waals surface area contributed by atoms with Crippen LogP contribution in [0.2, 0.25) is 0 Å². The van der Waals surface area contributed by atoms with Crippen LogP contribution in [0.4, 0.5) is 0 Å². The first-order valence-corrected chi connectivity index (χ1v) is 14.1. The first kappa shape index (κ1) is 28.6. The van der Waals surface area contributed by atoms with Gasteiger partial charge in [-0.1, -0.05) is 103 Å². The molecular formula is C28H30ClO7P. The number of ether oxygens (including phenoxy) is 2. The van der Waals surface area contributed by atoms with Crippen LogP contribution in [0.1, 0.15) is 29.5 Å². The van der Waals surface area contributed by atoms with Crippen LogP contribution in [0, 0.1) is 5.92 Å². The summed E-state index contributed by atoms with van der Waals surface area (Å²) in [6, 6.07) is 27.4. The zero-order valence-electron chi connectivity index (χ0n) is 20.4. The first-order valence-electron chi connectivity index (χ1n) is 11.9. The van der Waals surface area contributed by atoms with E-state index < -0.39 is 25.5 Å². The highest BCUT2D eigenvalue weighted by Gasteiger charge is 2.34. The molecule has 0 aliphatic carbocycles. The highest BCUT2D eigenvalue weighted by molar-refractivity contribution is 7.53. The fraction of sp³-hybridized carbons (Fsp3) is 0.286. The summed E-state index contributed by atoms with van der Waals surface area (Å²) >= 11 is 5.48. The molecule has 0 bridgehead atoms. The number of alkyl halides is 1. The van der Waals surface area contributed by atoms with Gasteiger partial charge in [0.2, 0.25) is 0 Å². The summed E-state index contributed by atoms with van der Waals surface area (Å²) in [4.78, 5) is 25.0. The Labute approximate surface area is 222 Å². The van der Waals surface area contributed by atoms with Gasteiger partial charge >= 0.3 is 19.5 Å². The lowest BCUT2D eigenvalue weighted by Gasteiger charge is -2.23. The maximum Gasteiger partial charge on any atom is 0.332 e. The molecule has 196 valence electrons. The molecule has 9 heteroatoms. The van der Waals surface area contributed by atoms with Gasteiger partial charge in [0.25, 0.3) is 0 Å². The second-order valence-corrected chi connectivity index (χ2v) is 10.6. The van der Waals surface area contributed by atoms with Crippen LogP contribution in [0.5, 0.6) is 0 Å². The minimum absolute atomic E-state index is 0.0347. The van der Waals surface area contributed by atoms with Crippen molar-refractivity contribution in [2.24, 2.45) is 5.92 Å². The number of benzene rings is 3. The molecule has 0 heterocycles. The monoisotopic (exact) mass is 544 g/mol. The Hall–Kier alpha value is -2.96. The zero-order valence-corrected chi connectivity index (χ0v) is 22.0. The summed E-state index contributed by atoms with van der Waals surface area (Å²) in [5.41, 5.74) is 2.42. The van der Waals surface area contributed by atoms with Crippen molar-refractivity contribution in [3.63, 3.8) is 0 Å². The van der Waals surface area contributed by atoms with E-state index in [1.165, 1.54) is 0 Å². The van der Waals surface area contributed by atoms with E-state index in [1.807, 2.05) is 91.0 Å². The summed E-state index contributed by atoms with van der Waals surface area (Å²) in [6.45, 7) is 0.113. The molecule has 0 fully saturated rings. The Morgan fingerprint density at radius 2 is 1.16 bits per heavy atom. The van der Waals surface area contributed by atoms with Gasteiger partial charge in [0.1, 0.15) is 6.61 Å². The van der Waals surface area contributed by atoms with Gasteiger partial charge in [-0.3, -0.25) is 14.2 Å². The van der Waals surface area contributed by atoms with Crippen molar-refractivity contribution < 1.29 is 32.7 Å². The second-order valence-electron chi connectivity index (χ2n) is 8.27. The van der Waals surface area contributed by atoms with Crippen molar-refractivity contribution in [2.75, 3.05) is 12.2 Å². The molecule has 3 rings (SSSR count). The number of rotatable bonds is 15. The Morgan fingerprint density at radius 1 is 0.703 bits per heavy atom. The van der Waals surface area contributed by atoms with E-state index >= 15 is 0 Å². The van der Waals surface area contributed by atoms with Crippen LogP contribution < -0.4 is 0 Å². The van der Waals surface area contributed by atoms with E-state index in [-0.39, 0.29) is 44.9 Å². The third-order valence-corrected chi connectivity index (χ3v) is 7.50. The van der Waals surface area contributed by atoms with E-state index in [2.05, 4.69) is 0 Å². The maximum atomic E-state index is 13.9. The summed E-state index contributed by atoms with van der Waals surface area (Å²) in [6.07, 6.45) is -0.319. The number of carbonyl (C=O) groups is 2. The Bertz CT molecular complexity index is 1100. The van der Waals surface area contributed by atoms with Crippen molar-refractivity contribution in [1.82, 2.24) is 0 Å². The minimum Gasteiger partial charge on any atom is -0.461 e. The lowest BCUT2D eigenvalue weighted by Crippen LogP contribution is -2.24. The number of carbonyl (C=O) groups excluding carboxylic acids is 2. The Kier molecular flexibility index (Phi) is 11.9. The number of hydrogen-bond donors (Lipinski definition) is 0. The van der Waals surface area contributed by atoms with Gasteiger partial charge < -0.3 is 18.5 Å². The van der Waals surface area contributed by atoms with E-state index in [1.54, 1.807) is 0 Å². The molecule has 0 aliphatic rings. The minimum atomic E-state index is -3.81. The average Bonchev–Trinajstić information content (AvgIpc) is 2.94. The topological polar surface area (TPSA) is 88.1 Å². The van der Waals surface area contributed by atoms with Gasteiger partial charge in [0, 0.05) is 6.42 Å². The number of halogens is 1. The smallest absolute Gasteiger partial charge is 0.332 e. The SMILES string of the molecule is O=C(CC[C@@H](CP(=O)(OCc1ccccc1)OCc1ccccc1)C(=O)OCc1ccccc1)OCCl. The summed E-state index contributed by atoms with van der Waals surface area (Å²) in [5.74, 6) is -2.10. The largest absolute Gasteiger partial charge is 0.461 e. The fourth-order valence-electron chi connectivity index (χ4n) is 3.46. The summed E-state index contributed by atoms with van der Waals surface area (Å²) < 4.78 is 35.9. The third-order valence-electron chi connectivity index (χ3n) is 5.46. The van der Waals surface area contributed by atoms with E-state index in [4.69, 9.17) is 30.1 Å². The van der Waals surface area contributed by atoms with E-state index in [9.17, 15) is 14.2 Å².